The van der Waals surface area contributed by atoms with Gasteiger partial charge in [0.05, 0.1) is 11.1 Å². The fourth-order valence-corrected chi connectivity index (χ4v) is 4.03. The molecule has 10 heteroatoms. The van der Waals surface area contributed by atoms with E-state index in [2.05, 4.69) is 15.3 Å². The minimum atomic E-state index is -3.71. The molecule has 0 saturated carbocycles. The average molecular weight is 425 g/mol. The van der Waals surface area contributed by atoms with Crippen molar-refractivity contribution in [1.82, 2.24) is 9.73 Å². The summed E-state index contributed by atoms with van der Waals surface area (Å²) in [6.07, 6.45) is 1.16. The molecule has 2 aromatic rings. The number of ether oxygens (including phenoxy) is 1. The molecule has 0 aromatic heterocycles. The highest BCUT2D eigenvalue weighted by atomic mass is 32.2. The van der Waals surface area contributed by atoms with E-state index in [1.165, 1.54) is 46.8 Å². The summed E-state index contributed by atoms with van der Waals surface area (Å²) in [6, 6.07) is 11.5. The van der Waals surface area contributed by atoms with E-state index in [4.69, 9.17) is 0 Å². The zero-order valence-electron chi connectivity index (χ0n) is 15.9. The predicted octanol–water partition coefficient (Wildman–Crippen LogP) is 3.08. The third-order valence-electron chi connectivity index (χ3n) is 3.94. The molecule has 0 radical (unpaired) electrons. The van der Waals surface area contributed by atoms with Gasteiger partial charge in [0.1, 0.15) is 5.75 Å². The highest BCUT2D eigenvalue weighted by Gasteiger charge is 2.22. The molecule has 0 aliphatic rings. The molecule has 2 aromatic carbocycles. The second kappa shape index (κ2) is 10.1. The number of halogens is 2. The summed E-state index contributed by atoms with van der Waals surface area (Å²) < 4.78 is 55.7. The molecule has 29 heavy (non-hydrogen) atoms. The van der Waals surface area contributed by atoms with Gasteiger partial charge < -0.3 is 4.74 Å². The van der Waals surface area contributed by atoms with Crippen molar-refractivity contribution in [3.63, 3.8) is 0 Å². The molecule has 2 rings (SSSR count). The molecule has 0 saturated heterocycles. The summed E-state index contributed by atoms with van der Waals surface area (Å²) >= 11 is 0. The minimum absolute atomic E-state index is 0.00601. The zero-order valence-corrected chi connectivity index (χ0v) is 16.7. The maximum atomic E-state index is 12.6. The van der Waals surface area contributed by atoms with Gasteiger partial charge in [0.25, 0.3) is 5.91 Å². The van der Waals surface area contributed by atoms with Crippen LogP contribution in [0, 0.1) is 0 Å². The monoisotopic (exact) mass is 425 g/mol. The number of nitrogens with one attached hydrogen (secondary N) is 1. The number of hydrogen-bond donors (Lipinski definition) is 1. The summed E-state index contributed by atoms with van der Waals surface area (Å²) in [4.78, 5) is 12.3. The number of carbonyl (C=O) groups excluding carboxylic acids is 1. The number of rotatable bonds is 9. The van der Waals surface area contributed by atoms with Crippen LogP contribution in [0.4, 0.5) is 8.78 Å². The number of hydrogen-bond acceptors (Lipinski definition) is 5. The van der Waals surface area contributed by atoms with E-state index >= 15 is 0 Å². The number of amides is 1. The van der Waals surface area contributed by atoms with Gasteiger partial charge >= 0.3 is 6.61 Å². The van der Waals surface area contributed by atoms with Gasteiger partial charge in [-0.05, 0) is 30.3 Å². The van der Waals surface area contributed by atoms with Crippen LogP contribution in [0.2, 0.25) is 0 Å². The van der Waals surface area contributed by atoms with Crippen molar-refractivity contribution < 1.29 is 26.7 Å². The topological polar surface area (TPSA) is 88.1 Å². The third-order valence-corrected chi connectivity index (χ3v) is 5.99. The van der Waals surface area contributed by atoms with Crippen LogP contribution in [0.3, 0.4) is 0 Å². The van der Waals surface area contributed by atoms with Gasteiger partial charge in [-0.2, -0.15) is 18.2 Å². The van der Waals surface area contributed by atoms with Gasteiger partial charge in [-0.3, -0.25) is 4.79 Å². The molecule has 0 aliphatic heterocycles. The van der Waals surface area contributed by atoms with Crippen molar-refractivity contribution in [3.05, 3.63) is 59.7 Å². The van der Waals surface area contributed by atoms with E-state index in [0.29, 0.717) is 13.1 Å². The molecule has 0 spiro atoms. The van der Waals surface area contributed by atoms with Crippen LogP contribution in [0.25, 0.3) is 0 Å². The Morgan fingerprint density at radius 3 is 2.52 bits per heavy atom. The van der Waals surface area contributed by atoms with Crippen LogP contribution < -0.4 is 10.2 Å². The highest BCUT2D eigenvalue weighted by Crippen LogP contribution is 2.19. The summed E-state index contributed by atoms with van der Waals surface area (Å²) in [6.45, 7) is 1.07. The number of carbonyl (C=O) groups is 1. The van der Waals surface area contributed by atoms with E-state index in [0.717, 1.165) is 6.21 Å². The maximum Gasteiger partial charge on any atom is 0.387 e. The Morgan fingerprint density at radius 2 is 1.86 bits per heavy atom. The van der Waals surface area contributed by atoms with Gasteiger partial charge in [-0.15, -0.1) is 0 Å². The van der Waals surface area contributed by atoms with Gasteiger partial charge in [-0.25, -0.2) is 13.8 Å². The number of nitrogens with zero attached hydrogens (tertiary/aromatic N) is 2. The van der Waals surface area contributed by atoms with Crippen LogP contribution in [0.1, 0.15) is 29.8 Å². The second-order valence-corrected chi connectivity index (χ2v) is 7.67. The van der Waals surface area contributed by atoms with Crippen molar-refractivity contribution >= 4 is 22.1 Å². The lowest BCUT2D eigenvalue weighted by molar-refractivity contribution is -0.0499. The first-order valence-electron chi connectivity index (χ1n) is 8.77. The molecule has 0 fully saturated rings. The largest absolute Gasteiger partial charge is 0.434 e. The van der Waals surface area contributed by atoms with Crippen LogP contribution in [0.15, 0.2) is 58.5 Å². The van der Waals surface area contributed by atoms with Crippen molar-refractivity contribution in [2.45, 2.75) is 25.4 Å². The summed E-state index contributed by atoms with van der Waals surface area (Å²) in [5.41, 5.74) is 2.57. The van der Waals surface area contributed by atoms with Crippen LogP contribution in [-0.4, -0.2) is 44.5 Å². The quantitative estimate of drug-likeness (QED) is 0.494. The molecule has 1 amide bonds. The van der Waals surface area contributed by atoms with E-state index in [1.54, 1.807) is 19.9 Å². The number of hydrazone groups is 1. The Balaban J connectivity index is 2.16. The standard InChI is InChI=1S/C19H21F2N3O4S/c1-3-24(4-2)29(26,27)16-10-7-9-14(12-16)18(25)23-22-13-15-8-5-6-11-17(15)28-19(20)21/h5-13,19H,3-4H2,1-2H3,(H,23,25)/b22-13-. The lowest BCUT2D eigenvalue weighted by Gasteiger charge is -2.18. The van der Waals surface area contributed by atoms with Crippen LogP contribution in [0.5, 0.6) is 5.75 Å². The lowest BCUT2D eigenvalue weighted by Crippen LogP contribution is -2.30. The Morgan fingerprint density at radius 1 is 1.17 bits per heavy atom. The first kappa shape index (κ1) is 22.4. The number of alkyl halides is 2. The van der Waals surface area contributed by atoms with Gasteiger partial charge in [0.15, 0.2) is 0 Å². The van der Waals surface area contributed by atoms with E-state index in [9.17, 15) is 22.0 Å². The molecular formula is C19H21F2N3O4S. The van der Waals surface area contributed by atoms with Gasteiger partial charge in [0.2, 0.25) is 10.0 Å². The smallest absolute Gasteiger partial charge is 0.387 e. The Hall–Kier alpha value is -2.85. The minimum Gasteiger partial charge on any atom is -0.434 e. The average Bonchev–Trinajstić information content (AvgIpc) is 2.69. The normalized spacial score (nSPS) is 11.9. The molecular weight excluding hydrogens is 404 g/mol. The maximum absolute atomic E-state index is 12.6. The molecule has 7 nitrogen and oxygen atoms in total. The zero-order chi connectivity index (χ0) is 21.4. The van der Waals surface area contributed by atoms with Crippen molar-refractivity contribution in [2.24, 2.45) is 5.10 Å². The number of sulfonamides is 1. The molecule has 0 aliphatic carbocycles. The Kier molecular flexibility index (Phi) is 7.80. The number of para-hydroxylation sites is 1. The van der Waals surface area contributed by atoms with E-state index < -0.39 is 22.5 Å². The molecule has 0 unspecified atom stereocenters. The van der Waals surface area contributed by atoms with Crippen molar-refractivity contribution in [3.8, 4) is 5.75 Å². The highest BCUT2D eigenvalue weighted by molar-refractivity contribution is 7.89. The number of benzene rings is 2. The van der Waals surface area contributed by atoms with Crippen molar-refractivity contribution in [2.75, 3.05) is 13.1 Å². The van der Waals surface area contributed by atoms with E-state index in [1.807, 2.05) is 0 Å². The predicted molar refractivity (Wildman–Crippen MR) is 105 cm³/mol. The molecule has 0 bridgehead atoms. The lowest BCUT2D eigenvalue weighted by atomic mass is 10.2. The molecule has 0 heterocycles. The van der Waals surface area contributed by atoms with Crippen LogP contribution >= 0.6 is 0 Å². The fourth-order valence-electron chi connectivity index (χ4n) is 2.53. The summed E-state index contributed by atoms with van der Waals surface area (Å²) in [5, 5.41) is 3.74. The summed E-state index contributed by atoms with van der Waals surface area (Å²) in [7, 11) is -3.71. The Labute approximate surface area is 168 Å². The first-order valence-corrected chi connectivity index (χ1v) is 10.2. The molecule has 0 atom stereocenters. The summed E-state index contributed by atoms with van der Waals surface area (Å²) in [5.74, 6) is -0.738. The second-order valence-electron chi connectivity index (χ2n) is 5.73. The fraction of sp³-hybridized carbons (Fsp3) is 0.263. The third kappa shape index (κ3) is 5.81. The van der Waals surface area contributed by atoms with Gasteiger partial charge in [-0.1, -0.05) is 32.0 Å². The van der Waals surface area contributed by atoms with Gasteiger partial charge in [0, 0.05) is 24.2 Å². The van der Waals surface area contributed by atoms with Crippen LogP contribution in [-0.2, 0) is 10.0 Å². The molecule has 156 valence electrons. The first-order chi connectivity index (χ1) is 13.8. The van der Waals surface area contributed by atoms with E-state index in [-0.39, 0.29) is 21.8 Å². The van der Waals surface area contributed by atoms with Crippen molar-refractivity contribution in [1.29, 1.82) is 0 Å². The Bertz CT molecular complexity index is 977. The molecule has 1 N–H and O–H groups in total. The SMILES string of the molecule is CCN(CC)S(=O)(=O)c1cccc(C(=O)N/N=C\c2ccccc2OC(F)F)c1.